The van der Waals surface area contributed by atoms with Crippen molar-refractivity contribution in [1.82, 2.24) is 15.2 Å². The molecule has 2 aromatic carbocycles. The van der Waals surface area contributed by atoms with Crippen LogP contribution in [0.4, 0.5) is 11.4 Å². The van der Waals surface area contributed by atoms with Gasteiger partial charge in [-0.25, -0.2) is 0 Å². The highest BCUT2D eigenvalue weighted by molar-refractivity contribution is 7.99. The third kappa shape index (κ3) is 3.75. The predicted octanol–water partition coefficient (Wildman–Crippen LogP) is 4.12. The van der Waals surface area contributed by atoms with E-state index >= 15 is 0 Å². The van der Waals surface area contributed by atoms with E-state index in [9.17, 15) is 14.9 Å². The van der Waals surface area contributed by atoms with Crippen LogP contribution < -0.4 is 19.1 Å². The number of rotatable bonds is 5. The quantitative estimate of drug-likeness (QED) is 0.298. The minimum Gasteiger partial charge on any atom is -0.454 e. The molecule has 3 heterocycles. The molecule has 0 unspecified atom stereocenters. The van der Waals surface area contributed by atoms with Crippen LogP contribution in [0.5, 0.6) is 17.4 Å². The van der Waals surface area contributed by atoms with Crippen LogP contribution >= 0.6 is 11.8 Å². The fourth-order valence-corrected chi connectivity index (χ4v) is 4.45. The summed E-state index contributed by atoms with van der Waals surface area (Å²) >= 11 is 1.42. The lowest BCUT2D eigenvalue weighted by molar-refractivity contribution is -0.386. The summed E-state index contributed by atoms with van der Waals surface area (Å²) in [6.45, 7) is 3.35. The van der Waals surface area contributed by atoms with Crippen LogP contribution in [0.3, 0.4) is 0 Å². The number of hydrogen-bond acceptors (Lipinski definition) is 10. The van der Waals surface area contributed by atoms with Crippen molar-refractivity contribution in [2.24, 2.45) is 0 Å². The number of amides is 1. The van der Waals surface area contributed by atoms with Crippen LogP contribution in [-0.4, -0.2) is 38.6 Å². The molecule has 174 valence electrons. The summed E-state index contributed by atoms with van der Waals surface area (Å²) < 4.78 is 17.0. The van der Waals surface area contributed by atoms with Gasteiger partial charge >= 0.3 is 0 Å². The normalized spacial score (nSPS) is 15.7. The van der Waals surface area contributed by atoms with Crippen molar-refractivity contribution in [2.75, 3.05) is 17.4 Å². The molecule has 3 aromatic rings. The lowest BCUT2D eigenvalue weighted by Gasteiger charge is -2.29. The van der Waals surface area contributed by atoms with Crippen LogP contribution in [0.25, 0.3) is 11.3 Å². The maximum atomic E-state index is 12.9. The largest absolute Gasteiger partial charge is 0.454 e. The number of carbonyl (C=O) groups excluding carboxylic acids is 1. The number of anilines is 1. The molecule has 1 aromatic heterocycles. The van der Waals surface area contributed by atoms with Gasteiger partial charge in [0.15, 0.2) is 17.2 Å². The number of benzene rings is 2. The molecule has 5 rings (SSSR count). The van der Waals surface area contributed by atoms with Gasteiger partial charge in [-0.05, 0) is 18.6 Å². The Bertz CT molecular complexity index is 1300. The van der Waals surface area contributed by atoms with Crippen molar-refractivity contribution in [3.8, 4) is 28.6 Å². The molecule has 0 bridgehead atoms. The Morgan fingerprint density at radius 3 is 2.74 bits per heavy atom. The highest BCUT2D eigenvalue weighted by atomic mass is 32.2. The van der Waals surface area contributed by atoms with Crippen molar-refractivity contribution >= 4 is 29.0 Å². The van der Waals surface area contributed by atoms with E-state index < -0.39 is 11.2 Å². The number of nitro benzene ring substituents is 1. The summed E-state index contributed by atoms with van der Waals surface area (Å²) in [4.78, 5) is 30.3. The minimum absolute atomic E-state index is 0.0568. The van der Waals surface area contributed by atoms with Crippen LogP contribution in [-0.2, 0) is 4.79 Å². The molecule has 34 heavy (non-hydrogen) atoms. The van der Waals surface area contributed by atoms with E-state index in [-0.39, 0.29) is 35.6 Å². The maximum absolute atomic E-state index is 12.9. The highest BCUT2D eigenvalue weighted by Gasteiger charge is 2.39. The Kier molecular flexibility index (Phi) is 5.65. The molecule has 1 atom stereocenters. The highest BCUT2D eigenvalue weighted by Crippen LogP contribution is 2.47. The van der Waals surface area contributed by atoms with Gasteiger partial charge in [-0.3, -0.25) is 19.8 Å². The van der Waals surface area contributed by atoms with Gasteiger partial charge in [-0.1, -0.05) is 36.9 Å². The number of aromatic nitrogens is 3. The Balaban J connectivity index is 1.74. The van der Waals surface area contributed by atoms with Gasteiger partial charge in [0.2, 0.25) is 30.0 Å². The fourth-order valence-electron chi connectivity index (χ4n) is 3.81. The number of para-hydroxylation sites is 1. The Hall–Kier alpha value is -3.93. The molecule has 0 N–H and O–H groups in total. The predicted molar refractivity (Wildman–Crippen MR) is 122 cm³/mol. The Labute approximate surface area is 198 Å². The molecule has 2 aliphatic heterocycles. The average Bonchev–Trinajstić information content (AvgIpc) is 3.23. The second-order valence-electron chi connectivity index (χ2n) is 7.49. The lowest BCUT2D eigenvalue weighted by atomic mass is 10.1. The summed E-state index contributed by atoms with van der Waals surface area (Å²) in [5, 5.41) is 20.9. The van der Waals surface area contributed by atoms with Gasteiger partial charge in [0, 0.05) is 18.2 Å². The average molecular weight is 481 g/mol. The zero-order valence-electron chi connectivity index (χ0n) is 18.3. The van der Waals surface area contributed by atoms with E-state index in [2.05, 4.69) is 15.2 Å². The first-order valence-corrected chi connectivity index (χ1v) is 11.5. The van der Waals surface area contributed by atoms with Gasteiger partial charge in [0.25, 0.3) is 5.69 Å². The van der Waals surface area contributed by atoms with E-state index in [1.54, 1.807) is 24.3 Å². The molecule has 0 saturated carbocycles. The monoisotopic (exact) mass is 481 g/mol. The number of ether oxygens (including phenoxy) is 3. The number of carbonyl (C=O) groups is 1. The van der Waals surface area contributed by atoms with Gasteiger partial charge in [0.05, 0.1) is 22.2 Å². The molecule has 12 heteroatoms. The molecule has 0 fully saturated rings. The molecule has 0 aliphatic carbocycles. The third-order valence-electron chi connectivity index (χ3n) is 5.27. The molecule has 1 amide bonds. The van der Waals surface area contributed by atoms with Crippen LogP contribution in [0.1, 0.15) is 32.1 Å². The van der Waals surface area contributed by atoms with E-state index in [0.29, 0.717) is 27.9 Å². The molecule has 0 saturated heterocycles. The number of hydrogen-bond donors (Lipinski definition) is 0. The summed E-state index contributed by atoms with van der Waals surface area (Å²) in [6, 6.07) is 9.80. The number of nitrogens with zero attached hydrogens (tertiary/aromatic N) is 5. The van der Waals surface area contributed by atoms with Gasteiger partial charge in [-0.2, -0.15) is 4.98 Å². The SMILES string of the molecule is CCCSc1nnc2c(n1)O[C@H](c1cc3c(cc1[N+](=O)[O-])OCO3)N(C(C)=O)c1ccccc1-2. The van der Waals surface area contributed by atoms with Crippen LogP contribution in [0.2, 0.25) is 0 Å². The van der Waals surface area contributed by atoms with Crippen LogP contribution in [0, 0.1) is 10.1 Å². The summed E-state index contributed by atoms with van der Waals surface area (Å²) in [6.07, 6.45) is -0.297. The van der Waals surface area contributed by atoms with Crippen molar-refractivity contribution in [1.29, 1.82) is 0 Å². The molecule has 11 nitrogen and oxygen atoms in total. The van der Waals surface area contributed by atoms with E-state index in [4.69, 9.17) is 14.2 Å². The molecule has 2 aliphatic rings. The number of nitro groups is 1. The lowest BCUT2D eigenvalue weighted by Crippen LogP contribution is -2.36. The van der Waals surface area contributed by atoms with Gasteiger partial charge in [0.1, 0.15) is 0 Å². The van der Waals surface area contributed by atoms with Crippen molar-refractivity contribution in [2.45, 2.75) is 31.7 Å². The van der Waals surface area contributed by atoms with Gasteiger partial charge < -0.3 is 14.2 Å². The molecular weight excluding hydrogens is 462 g/mol. The second kappa shape index (κ2) is 8.78. The second-order valence-corrected chi connectivity index (χ2v) is 8.56. The summed E-state index contributed by atoms with van der Waals surface area (Å²) in [7, 11) is 0. The Morgan fingerprint density at radius 2 is 2.00 bits per heavy atom. The zero-order chi connectivity index (χ0) is 23.8. The molecular formula is C22H19N5O6S. The van der Waals surface area contributed by atoms with Crippen molar-refractivity contribution in [3.63, 3.8) is 0 Å². The van der Waals surface area contributed by atoms with Gasteiger partial charge in [-0.15, -0.1) is 10.2 Å². The van der Waals surface area contributed by atoms with E-state index in [1.807, 2.05) is 6.92 Å². The third-order valence-corrected chi connectivity index (χ3v) is 6.31. The first-order valence-electron chi connectivity index (χ1n) is 10.5. The molecule has 0 radical (unpaired) electrons. The van der Waals surface area contributed by atoms with Crippen LogP contribution in [0.15, 0.2) is 41.6 Å². The Morgan fingerprint density at radius 1 is 1.24 bits per heavy atom. The topological polar surface area (TPSA) is 130 Å². The summed E-state index contributed by atoms with van der Waals surface area (Å²) in [5.41, 5.74) is 1.23. The van der Waals surface area contributed by atoms with Crippen molar-refractivity contribution < 1.29 is 23.9 Å². The van der Waals surface area contributed by atoms with Crippen molar-refractivity contribution in [3.05, 3.63) is 52.1 Å². The molecule has 0 spiro atoms. The maximum Gasteiger partial charge on any atom is 0.282 e. The number of thioether (sulfide) groups is 1. The first-order chi connectivity index (χ1) is 16.5. The fraction of sp³-hybridized carbons (Fsp3) is 0.273. The smallest absolute Gasteiger partial charge is 0.282 e. The number of fused-ring (bicyclic) bond motifs is 4. The standard InChI is InChI=1S/C22H19N5O6S/c1-3-8-34-22-23-20-19(24-25-22)13-6-4-5-7-15(13)26(12(2)28)21(33-20)14-9-17-18(32-11-31-17)10-16(14)27(29)30/h4-7,9-10,21H,3,8,11H2,1-2H3/t21-/m1/s1. The summed E-state index contributed by atoms with van der Waals surface area (Å²) in [5.74, 6) is 1.10. The van der Waals surface area contributed by atoms with E-state index in [1.165, 1.54) is 35.7 Å². The minimum atomic E-state index is -1.21. The zero-order valence-corrected chi connectivity index (χ0v) is 19.1. The van der Waals surface area contributed by atoms with E-state index in [0.717, 1.165) is 12.2 Å². The first kappa shape index (κ1) is 21.9.